The van der Waals surface area contributed by atoms with Crippen LogP contribution in [0.15, 0.2) is 0 Å². The maximum atomic E-state index is 10.4. The largest absolute Gasteiger partial charge is 0.481 e. The van der Waals surface area contributed by atoms with E-state index in [0.29, 0.717) is 0 Å². The molecule has 1 atom stereocenters. The molecular weight excluding hydrogens is 190 g/mol. The van der Waals surface area contributed by atoms with Crippen LogP contribution in [0, 0.1) is 5.92 Å². The van der Waals surface area contributed by atoms with Crippen molar-refractivity contribution in [1.29, 1.82) is 0 Å². The standard InChI is InChI=1S/C12H23NO2/c1-10(9-12(14)15)13-8-4-7-11-5-2-3-6-11/h10-11,13H,2-9H2,1H3,(H,14,15). The Hall–Kier alpha value is -0.570. The predicted octanol–water partition coefficient (Wildman–Crippen LogP) is 2.41. The van der Waals surface area contributed by atoms with Gasteiger partial charge in [0.05, 0.1) is 6.42 Å². The summed E-state index contributed by atoms with van der Waals surface area (Å²) >= 11 is 0. The predicted molar refractivity (Wildman–Crippen MR) is 60.9 cm³/mol. The normalized spacial score (nSPS) is 19.3. The van der Waals surface area contributed by atoms with Gasteiger partial charge in [-0.2, -0.15) is 0 Å². The highest BCUT2D eigenvalue weighted by molar-refractivity contribution is 5.67. The number of hydrogen-bond donors (Lipinski definition) is 2. The third-order valence-electron chi connectivity index (χ3n) is 3.24. The summed E-state index contributed by atoms with van der Waals surface area (Å²) in [4.78, 5) is 10.4. The molecule has 0 aromatic heterocycles. The average molecular weight is 213 g/mol. The minimum atomic E-state index is -0.717. The molecule has 0 spiro atoms. The summed E-state index contributed by atoms with van der Waals surface area (Å²) in [6.45, 7) is 2.90. The zero-order valence-electron chi connectivity index (χ0n) is 9.67. The molecule has 15 heavy (non-hydrogen) atoms. The zero-order chi connectivity index (χ0) is 11.1. The van der Waals surface area contributed by atoms with Gasteiger partial charge in [0.15, 0.2) is 0 Å². The van der Waals surface area contributed by atoms with Crippen molar-refractivity contribution in [2.45, 2.75) is 57.9 Å². The molecule has 0 aliphatic heterocycles. The van der Waals surface area contributed by atoms with Crippen LogP contribution in [0.4, 0.5) is 0 Å². The highest BCUT2D eigenvalue weighted by Crippen LogP contribution is 2.28. The molecule has 1 aliphatic rings. The van der Waals surface area contributed by atoms with E-state index in [1.54, 1.807) is 0 Å². The highest BCUT2D eigenvalue weighted by Gasteiger charge is 2.14. The lowest BCUT2D eigenvalue weighted by atomic mass is 10.0. The number of aliphatic carboxylic acids is 1. The summed E-state index contributed by atoms with van der Waals surface area (Å²) in [5, 5.41) is 11.8. The lowest BCUT2D eigenvalue weighted by molar-refractivity contribution is -0.137. The van der Waals surface area contributed by atoms with Crippen molar-refractivity contribution in [3.63, 3.8) is 0 Å². The van der Waals surface area contributed by atoms with E-state index < -0.39 is 5.97 Å². The van der Waals surface area contributed by atoms with Gasteiger partial charge in [-0.1, -0.05) is 25.7 Å². The SMILES string of the molecule is CC(CC(=O)O)NCCCC1CCCC1. The quantitative estimate of drug-likeness (QED) is 0.638. The van der Waals surface area contributed by atoms with Crippen LogP contribution in [0.25, 0.3) is 0 Å². The molecule has 3 heteroatoms. The minimum absolute atomic E-state index is 0.103. The maximum absolute atomic E-state index is 10.4. The van der Waals surface area contributed by atoms with E-state index in [2.05, 4.69) is 5.32 Å². The first-order valence-electron chi connectivity index (χ1n) is 6.13. The maximum Gasteiger partial charge on any atom is 0.304 e. The number of rotatable bonds is 7. The van der Waals surface area contributed by atoms with Gasteiger partial charge < -0.3 is 10.4 Å². The lowest BCUT2D eigenvalue weighted by Crippen LogP contribution is -2.29. The fraction of sp³-hybridized carbons (Fsp3) is 0.917. The summed E-state index contributed by atoms with van der Waals surface area (Å²) in [5.74, 6) is 0.229. The van der Waals surface area contributed by atoms with E-state index >= 15 is 0 Å². The average Bonchev–Trinajstić information content (AvgIpc) is 2.63. The molecule has 3 nitrogen and oxygen atoms in total. The Bertz CT molecular complexity index is 188. The van der Waals surface area contributed by atoms with E-state index in [0.717, 1.165) is 12.5 Å². The fourth-order valence-electron chi connectivity index (χ4n) is 2.37. The van der Waals surface area contributed by atoms with Gasteiger partial charge >= 0.3 is 5.97 Å². The second-order valence-corrected chi connectivity index (χ2v) is 4.75. The summed E-state index contributed by atoms with van der Waals surface area (Å²) in [7, 11) is 0. The van der Waals surface area contributed by atoms with Gasteiger partial charge in [0.1, 0.15) is 0 Å². The van der Waals surface area contributed by atoms with Crippen molar-refractivity contribution in [2.24, 2.45) is 5.92 Å². The van der Waals surface area contributed by atoms with E-state index in [1.807, 2.05) is 6.92 Å². The van der Waals surface area contributed by atoms with Crippen molar-refractivity contribution in [1.82, 2.24) is 5.32 Å². The molecule has 0 radical (unpaired) electrons. The molecule has 0 heterocycles. The molecular formula is C12H23NO2. The first kappa shape index (κ1) is 12.5. The highest BCUT2D eigenvalue weighted by atomic mass is 16.4. The van der Waals surface area contributed by atoms with Crippen LogP contribution in [0.5, 0.6) is 0 Å². The van der Waals surface area contributed by atoms with Crippen molar-refractivity contribution < 1.29 is 9.90 Å². The number of carbonyl (C=O) groups is 1. The van der Waals surface area contributed by atoms with E-state index in [9.17, 15) is 4.79 Å². The first-order valence-corrected chi connectivity index (χ1v) is 6.13. The molecule has 1 unspecified atom stereocenters. The molecule has 0 bridgehead atoms. The summed E-state index contributed by atoms with van der Waals surface area (Å²) in [6.07, 6.45) is 8.36. The van der Waals surface area contributed by atoms with Gasteiger partial charge in [0.25, 0.3) is 0 Å². The van der Waals surface area contributed by atoms with Crippen molar-refractivity contribution in [2.75, 3.05) is 6.54 Å². The smallest absolute Gasteiger partial charge is 0.304 e. The summed E-state index contributed by atoms with van der Waals surface area (Å²) in [6, 6.07) is 0.103. The first-order chi connectivity index (χ1) is 7.18. The zero-order valence-corrected chi connectivity index (χ0v) is 9.67. The second kappa shape index (κ2) is 6.83. The molecule has 88 valence electrons. The van der Waals surface area contributed by atoms with Crippen LogP contribution in [0.2, 0.25) is 0 Å². The Morgan fingerprint density at radius 3 is 2.73 bits per heavy atom. The van der Waals surface area contributed by atoms with Crippen LogP contribution >= 0.6 is 0 Å². The Kier molecular flexibility index (Phi) is 5.69. The fourth-order valence-corrected chi connectivity index (χ4v) is 2.37. The second-order valence-electron chi connectivity index (χ2n) is 4.75. The van der Waals surface area contributed by atoms with Crippen LogP contribution in [-0.2, 0) is 4.79 Å². The summed E-state index contributed by atoms with van der Waals surface area (Å²) in [5.41, 5.74) is 0. The Morgan fingerprint density at radius 1 is 1.47 bits per heavy atom. The molecule has 1 saturated carbocycles. The minimum Gasteiger partial charge on any atom is -0.481 e. The summed E-state index contributed by atoms with van der Waals surface area (Å²) < 4.78 is 0. The number of carboxylic acids is 1. The van der Waals surface area contributed by atoms with Gasteiger partial charge in [0.2, 0.25) is 0 Å². The third kappa shape index (κ3) is 5.78. The molecule has 1 aliphatic carbocycles. The topological polar surface area (TPSA) is 49.3 Å². The van der Waals surface area contributed by atoms with Crippen molar-refractivity contribution in [3.05, 3.63) is 0 Å². The van der Waals surface area contributed by atoms with Crippen LogP contribution in [0.3, 0.4) is 0 Å². The van der Waals surface area contributed by atoms with Crippen LogP contribution < -0.4 is 5.32 Å². The lowest BCUT2D eigenvalue weighted by Gasteiger charge is -2.13. The van der Waals surface area contributed by atoms with Crippen LogP contribution in [-0.4, -0.2) is 23.7 Å². The van der Waals surface area contributed by atoms with Gasteiger partial charge in [-0.15, -0.1) is 0 Å². The molecule has 0 saturated heterocycles. The number of hydrogen-bond acceptors (Lipinski definition) is 2. The van der Waals surface area contributed by atoms with E-state index in [4.69, 9.17) is 5.11 Å². The molecule has 2 N–H and O–H groups in total. The van der Waals surface area contributed by atoms with Gasteiger partial charge in [-0.25, -0.2) is 0 Å². The van der Waals surface area contributed by atoms with Gasteiger partial charge in [0, 0.05) is 6.04 Å². The van der Waals surface area contributed by atoms with E-state index in [-0.39, 0.29) is 12.5 Å². The van der Waals surface area contributed by atoms with Crippen LogP contribution in [0.1, 0.15) is 51.9 Å². The Morgan fingerprint density at radius 2 is 2.13 bits per heavy atom. The Labute approximate surface area is 92.3 Å². The molecule has 0 aromatic rings. The van der Waals surface area contributed by atoms with Gasteiger partial charge in [-0.3, -0.25) is 4.79 Å². The molecule has 1 fully saturated rings. The molecule has 0 aromatic carbocycles. The van der Waals surface area contributed by atoms with Gasteiger partial charge in [-0.05, 0) is 32.2 Å². The molecule has 1 rings (SSSR count). The Balaban J connectivity index is 1.93. The number of carboxylic acid groups (broad SMARTS) is 1. The van der Waals surface area contributed by atoms with Crippen molar-refractivity contribution >= 4 is 5.97 Å². The molecule has 0 amide bonds. The number of nitrogens with one attached hydrogen (secondary N) is 1. The van der Waals surface area contributed by atoms with Crippen molar-refractivity contribution in [3.8, 4) is 0 Å². The van der Waals surface area contributed by atoms with E-state index in [1.165, 1.54) is 38.5 Å². The third-order valence-corrected chi connectivity index (χ3v) is 3.24. The monoisotopic (exact) mass is 213 g/mol.